The summed E-state index contributed by atoms with van der Waals surface area (Å²) in [5.74, 6) is -0.644. The Balaban J connectivity index is 0.000000196. The number of hydrogen-bond acceptors (Lipinski definition) is 2. The Hall–Kier alpha value is -3.16. The number of amides is 1. The molecule has 0 aliphatic carbocycles. The zero-order valence-electron chi connectivity index (χ0n) is 13.6. The maximum absolute atomic E-state index is 10.8. The molecule has 4 nitrogen and oxygen atoms in total. The van der Waals surface area contributed by atoms with E-state index in [0.29, 0.717) is 16.3 Å². The van der Waals surface area contributed by atoms with Crippen LogP contribution in [0.5, 0.6) is 0 Å². The molecule has 0 aliphatic heterocycles. The molecule has 124 valence electrons. The molecule has 0 aliphatic rings. The predicted molar refractivity (Wildman–Crippen MR) is 101 cm³/mol. The fraction of sp³-hybridized carbons (Fsp3) is 0.0500. The van der Waals surface area contributed by atoms with Crippen molar-refractivity contribution >= 4 is 23.2 Å². The number of rotatable bonds is 2. The van der Waals surface area contributed by atoms with Crippen molar-refractivity contribution in [2.45, 2.75) is 6.92 Å². The number of hydrogen-bond donors (Lipinski definition) is 0. The van der Waals surface area contributed by atoms with Crippen molar-refractivity contribution in [1.82, 2.24) is 0 Å². The number of diazo groups is 1. The highest BCUT2D eigenvalue weighted by Crippen LogP contribution is 2.22. The lowest BCUT2D eigenvalue weighted by molar-refractivity contribution is 0.104. The number of benzene rings is 3. The number of nitrogens with zero attached hydrogens (tertiary/aromatic N) is 2. The average molecular weight is 350 g/mol. The highest BCUT2D eigenvalue weighted by molar-refractivity contribution is 6.30. The standard InChI is InChI=1S/C13H11NO.C7H6ClN2/c14-13(15)12-8-6-11(7-9-12)10-4-2-1-3-5-10;1-5-2-3-6(8)4-7(5)10-9/h1-9H,(H2,14,15);2-4H,1H3/q;+1/p-1. The molecule has 0 saturated carbocycles. The Morgan fingerprint density at radius 1 is 0.960 bits per heavy atom. The maximum atomic E-state index is 10.8. The van der Waals surface area contributed by atoms with Crippen LogP contribution in [0, 0.1) is 12.3 Å². The molecule has 25 heavy (non-hydrogen) atoms. The zero-order valence-corrected chi connectivity index (χ0v) is 14.4. The molecule has 0 fully saturated rings. The van der Waals surface area contributed by atoms with Gasteiger partial charge in [-0.05, 0) is 35.7 Å². The van der Waals surface area contributed by atoms with Gasteiger partial charge in [0.15, 0.2) is 4.98 Å². The van der Waals surface area contributed by atoms with Crippen molar-refractivity contribution in [3.05, 3.63) is 99.7 Å². The van der Waals surface area contributed by atoms with Crippen LogP contribution in [0.25, 0.3) is 21.8 Å². The normalized spacial score (nSPS) is 9.48. The third kappa shape index (κ3) is 5.17. The number of nitrogens with one attached hydrogen (secondary N) is 1. The lowest BCUT2D eigenvalue weighted by Crippen LogP contribution is -1.89. The SMILES string of the molecule is Cc1ccc(Cl)cc1[N+]#N.[NH-]C(=O)c1ccc(-c2ccccc2)cc1. The molecule has 0 unspecified atom stereocenters. The van der Waals surface area contributed by atoms with E-state index in [9.17, 15) is 4.79 Å². The lowest BCUT2D eigenvalue weighted by atomic mass is 10.0. The molecule has 0 radical (unpaired) electrons. The van der Waals surface area contributed by atoms with E-state index >= 15 is 0 Å². The molecule has 5 heteroatoms. The first-order valence-electron chi connectivity index (χ1n) is 7.54. The van der Waals surface area contributed by atoms with Gasteiger partial charge in [0.25, 0.3) is 0 Å². The van der Waals surface area contributed by atoms with Crippen molar-refractivity contribution in [3.8, 4) is 11.1 Å². The van der Waals surface area contributed by atoms with Crippen LogP contribution in [-0.2, 0) is 0 Å². The summed E-state index contributed by atoms with van der Waals surface area (Å²) < 4.78 is 0. The third-order valence-corrected chi connectivity index (χ3v) is 3.77. The maximum Gasteiger partial charge on any atom is 0.389 e. The summed E-state index contributed by atoms with van der Waals surface area (Å²) >= 11 is 5.62. The fourth-order valence-electron chi connectivity index (χ4n) is 2.13. The molecule has 0 aromatic heterocycles. The van der Waals surface area contributed by atoms with Gasteiger partial charge in [0, 0.05) is 10.6 Å². The summed E-state index contributed by atoms with van der Waals surface area (Å²) in [6.07, 6.45) is 0. The van der Waals surface area contributed by atoms with Crippen LogP contribution < -0.4 is 0 Å². The molecule has 0 saturated heterocycles. The largest absolute Gasteiger partial charge is 0.664 e. The van der Waals surface area contributed by atoms with E-state index in [4.69, 9.17) is 22.7 Å². The zero-order chi connectivity index (χ0) is 18.2. The van der Waals surface area contributed by atoms with E-state index in [1.165, 1.54) is 0 Å². The summed E-state index contributed by atoms with van der Waals surface area (Å²) in [4.78, 5) is 13.8. The first-order chi connectivity index (χ1) is 12.0. The molecule has 3 aromatic rings. The van der Waals surface area contributed by atoms with Gasteiger partial charge in [0.05, 0.1) is 12.0 Å². The van der Waals surface area contributed by atoms with Crippen LogP contribution in [0.15, 0.2) is 72.8 Å². The van der Waals surface area contributed by atoms with Crippen LogP contribution in [0.1, 0.15) is 15.9 Å². The molecule has 3 rings (SSSR count). The van der Waals surface area contributed by atoms with E-state index in [1.807, 2.05) is 49.4 Å². The number of carbonyl (C=O) groups is 1. The van der Waals surface area contributed by atoms with Crippen molar-refractivity contribution < 1.29 is 4.79 Å². The van der Waals surface area contributed by atoms with E-state index < -0.39 is 5.91 Å². The quantitative estimate of drug-likeness (QED) is 0.484. The number of halogens is 1. The third-order valence-electron chi connectivity index (χ3n) is 3.53. The van der Waals surface area contributed by atoms with Gasteiger partial charge in [0.1, 0.15) is 0 Å². The van der Waals surface area contributed by atoms with Crippen LogP contribution >= 0.6 is 11.6 Å². The molecule has 1 N–H and O–H groups in total. The van der Waals surface area contributed by atoms with Crippen molar-refractivity contribution in [2.24, 2.45) is 0 Å². The second kappa shape index (κ2) is 8.62. The minimum atomic E-state index is -0.644. The second-order valence-corrected chi connectivity index (χ2v) is 5.74. The average Bonchev–Trinajstić information content (AvgIpc) is 2.65. The van der Waals surface area contributed by atoms with E-state index in [-0.39, 0.29) is 0 Å². The summed E-state index contributed by atoms with van der Waals surface area (Å²) in [6.45, 7) is 1.85. The van der Waals surface area contributed by atoms with Crippen molar-refractivity contribution in [3.63, 3.8) is 0 Å². The van der Waals surface area contributed by atoms with Crippen LogP contribution in [0.4, 0.5) is 5.69 Å². The smallest absolute Gasteiger partial charge is 0.389 e. The Morgan fingerprint density at radius 3 is 2.08 bits per heavy atom. The van der Waals surface area contributed by atoms with Gasteiger partial charge in [-0.1, -0.05) is 66.2 Å². The van der Waals surface area contributed by atoms with Crippen LogP contribution in [0.2, 0.25) is 5.02 Å². The Kier molecular flexibility index (Phi) is 6.27. The molecule has 1 amide bonds. The molecule has 3 aromatic carbocycles. The Bertz CT molecular complexity index is 900. The van der Waals surface area contributed by atoms with Gasteiger partial charge in [-0.3, -0.25) is 0 Å². The van der Waals surface area contributed by atoms with Gasteiger partial charge in [-0.25, -0.2) is 0 Å². The molecule has 0 heterocycles. The summed E-state index contributed by atoms with van der Waals surface area (Å²) in [6, 6.07) is 22.2. The summed E-state index contributed by atoms with van der Waals surface area (Å²) in [7, 11) is 0. The molecular formula is C20H16ClN3O. The van der Waals surface area contributed by atoms with Gasteiger partial charge in [-0.2, -0.15) is 0 Å². The second-order valence-electron chi connectivity index (χ2n) is 5.30. The molecule has 0 bridgehead atoms. The highest BCUT2D eigenvalue weighted by atomic mass is 35.5. The Labute approximate surface area is 151 Å². The molecule has 0 atom stereocenters. The van der Waals surface area contributed by atoms with Crippen molar-refractivity contribution in [2.75, 3.05) is 0 Å². The van der Waals surface area contributed by atoms with E-state index in [2.05, 4.69) is 4.98 Å². The lowest BCUT2D eigenvalue weighted by Gasteiger charge is -2.04. The van der Waals surface area contributed by atoms with Crippen LogP contribution in [-0.4, -0.2) is 5.91 Å². The molecular weight excluding hydrogens is 334 g/mol. The monoisotopic (exact) mass is 349 g/mol. The first-order valence-corrected chi connectivity index (χ1v) is 7.91. The van der Waals surface area contributed by atoms with E-state index in [0.717, 1.165) is 16.7 Å². The van der Waals surface area contributed by atoms with Crippen molar-refractivity contribution in [1.29, 1.82) is 5.39 Å². The van der Waals surface area contributed by atoms with Gasteiger partial charge in [0.2, 0.25) is 5.39 Å². The summed E-state index contributed by atoms with van der Waals surface area (Å²) in [5, 5.41) is 8.99. The topological polar surface area (TPSA) is 69.0 Å². The van der Waals surface area contributed by atoms with Crippen LogP contribution in [0.3, 0.4) is 0 Å². The van der Waals surface area contributed by atoms with E-state index in [1.54, 1.807) is 30.3 Å². The number of aryl methyl sites for hydroxylation is 1. The Morgan fingerprint density at radius 2 is 1.56 bits per heavy atom. The summed E-state index contributed by atoms with van der Waals surface area (Å²) in [5.41, 5.74) is 11.0. The minimum absolute atomic E-state index is 0.426. The van der Waals surface area contributed by atoms with Gasteiger partial charge in [-0.15, -0.1) is 0 Å². The number of carbonyl (C=O) groups excluding carboxylic acids is 1. The first kappa shape index (κ1) is 18.2. The van der Waals surface area contributed by atoms with Gasteiger partial charge >= 0.3 is 5.69 Å². The van der Waals surface area contributed by atoms with Gasteiger partial charge < -0.3 is 10.5 Å². The molecule has 0 spiro atoms. The minimum Gasteiger partial charge on any atom is -0.664 e. The predicted octanol–water partition coefficient (Wildman–Crippen LogP) is 6.68. The fourth-order valence-corrected chi connectivity index (χ4v) is 2.30. The highest BCUT2D eigenvalue weighted by Gasteiger charge is 2.08.